The van der Waals surface area contributed by atoms with Gasteiger partial charge in [0.15, 0.2) is 0 Å². The van der Waals surface area contributed by atoms with Crippen LogP contribution >= 0.6 is 11.3 Å². The van der Waals surface area contributed by atoms with E-state index in [4.69, 9.17) is 0 Å². The van der Waals surface area contributed by atoms with Gasteiger partial charge >= 0.3 is 0 Å². The third-order valence-electron chi connectivity index (χ3n) is 4.25. The summed E-state index contributed by atoms with van der Waals surface area (Å²) in [5.74, 6) is -0.322. The smallest absolute Gasteiger partial charge is 0.264 e. The molecular weight excluding hydrogens is 408 g/mol. The normalized spacial score (nSPS) is 11.3. The maximum Gasteiger partial charge on any atom is 0.264 e. The van der Waals surface area contributed by atoms with Gasteiger partial charge in [-0.2, -0.15) is 0 Å². The van der Waals surface area contributed by atoms with Crippen molar-refractivity contribution >= 4 is 38.1 Å². The fourth-order valence-corrected chi connectivity index (χ4v) is 4.74. The molecule has 0 unspecified atom stereocenters. The van der Waals surface area contributed by atoms with Gasteiger partial charge in [0, 0.05) is 13.0 Å². The highest BCUT2D eigenvalue weighted by Gasteiger charge is 2.25. The molecule has 9 heteroatoms. The second-order valence-electron chi connectivity index (χ2n) is 6.65. The lowest BCUT2D eigenvalue weighted by molar-refractivity contribution is -0.116. The molecule has 0 aliphatic carbocycles. The van der Waals surface area contributed by atoms with Crippen LogP contribution in [0.3, 0.4) is 0 Å². The number of nitrogens with zero attached hydrogens (tertiary/aromatic N) is 3. The van der Waals surface area contributed by atoms with Gasteiger partial charge in [-0.05, 0) is 45.0 Å². The van der Waals surface area contributed by atoms with Crippen LogP contribution < -0.4 is 9.62 Å². The summed E-state index contributed by atoms with van der Waals surface area (Å²) in [5, 5.41) is 11.5. The maximum absolute atomic E-state index is 13.3. The average Bonchev–Trinajstić information content (AvgIpc) is 3.08. The van der Waals surface area contributed by atoms with Crippen LogP contribution in [0, 0.1) is 20.8 Å². The zero-order chi connectivity index (χ0) is 21.0. The van der Waals surface area contributed by atoms with Crippen molar-refractivity contribution in [2.24, 2.45) is 0 Å². The Labute approximate surface area is 174 Å². The van der Waals surface area contributed by atoms with Crippen LogP contribution in [0.15, 0.2) is 53.4 Å². The average molecular weight is 431 g/mol. The largest absolute Gasteiger partial charge is 0.300 e. The van der Waals surface area contributed by atoms with E-state index in [0.717, 1.165) is 16.1 Å². The third-order valence-corrected chi connectivity index (χ3v) is 6.84. The van der Waals surface area contributed by atoms with Crippen molar-refractivity contribution in [2.45, 2.75) is 32.1 Å². The molecule has 2 aromatic carbocycles. The van der Waals surface area contributed by atoms with Gasteiger partial charge in [-0.25, -0.2) is 8.42 Å². The minimum Gasteiger partial charge on any atom is -0.300 e. The molecule has 1 N–H and O–H groups in total. The zero-order valence-electron chi connectivity index (χ0n) is 16.4. The van der Waals surface area contributed by atoms with Crippen molar-refractivity contribution < 1.29 is 13.2 Å². The number of carbonyl (C=O) groups excluding carboxylic acids is 1. The van der Waals surface area contributed by atoms with Gasteiger partial charge in [-0.15, -0.1) is 10.2 Å². The van der Waals surface area contributed by atoms with Gasteiger partial charge < -0.3 is 5.32 Å². The fourth-order valence-electron chi connectivity index (χ4n) is 2.67. The molecule has 3 rings (SSSR count). The van der Waals surface area contributed by atoms with Crippen LogP contribution in [0.1, 0.15) is 22.6 Å². The van der Waals surface area contributed by atoms with Crippen LogP contribution in [0.25, 0.3) is 0 Å². The first-order chi connectivity index (χ1) is 13.8. The topological polar surface area (TPSA) is 92.3 Å². The van der Waals surface area contributed by atoms with E-state index >= 15 is 0 Å². The summed E-state index contributed by atoms with van der Waals surface area (Å²) in [7, 11) is -3.82. The Kier molecular flexibility index (Phi) is 6.29. The molecule has 1 amide bonds. The summed E-state index contributed by atoms with van der Waals surface area (Å²) in [6.07, 6.45) is -0.0163. The number of amides is 1. The quantitative estimate of drug-likeness (QED) is 0.617. The number of hydrogen-bond donors (Lipinski definition) is 1. The van der Waals surface area contributed by atoms with Gasteiger partial charge in [0.1, 0.15) is 5.01 Å². The number of rotatable bonds is 7. The molecule has 0 aliphatic heterocycles. The number of aryl methyl sites for hydroxylation is 3. The molecule has 152 valence electrons. The van der Waals surface area contributed by atoms with Crippen LogP contribution in [0.2, 0.25) is 0 Å². The molecule has 0 bridgehead atoms. The van der Waals surface area contributed by atoms with Gasteiger partial charge in [0.05, 0.1) is 10.6 Å². The predicted molar refractivity (Wildman–Crippen MR) is 115 cm³/mol. The Bertz CT molecular complexity index is 1090. The lowest BCUT2D eigenvalue weighted by Crippen LogP contribution is -2.34. The van der Waals surface area contributed by atoms with Crippen LogP contribution in [0.4, 0.5) is 10.8 Å². The van der Waals surface area contributed by atoms with E-state index in [1.807, 2.05) is 26.0 Å². The van der Waals surface area contributed by atoms with E-state index in [9.17, 15) is 13.2 Å². The number of hydrogen-bond acceptors (Lipinski definition) is 6. The summed E-state index contributed by atoms with van der Waals surface area (Å²) in [6, 6.07) is 13.8. The van der Waals surface area contributed by atoms with Gasteiger partial charge in [0.25, 0.3) is 10.0 Å². The molecule has 0 spiro atoms. The molecular formula is C20H22N4O3S2. The van der Waals surface area contributed by atoms with Crippen LogP contribution in [-0.4, -0.2) is 31.1 Å². The van der Waals surface area contributed by atoms with Crippen molar-refractivity contribution in [3.8, 4) is 0 Å². The highest BCUT2D eigenvalue weighted by molar-refractivity contribution is 7.92. The fraction of sp³-hybridized carbons (Fsp3) is 0.250. The van der Waals surface area contributed by atoms with E-state index in [1.54, 1.807) is 43.3 Å². The molecule has 1 heterocycles. The number of sulfonamides is 1. The first-order valence-corrected chi connectivity index (χ1v) is 11.3. The second kappa shape index (κ2) is 8.71. The molecule has 1 aromatic heterocycles. The van der Waals surface area contributed by atoms with Gasteiger partial charge in [-0.1, -0.05) is 46.7 Å². The summed E-state index contributed by atoms with van der Waals surface area (Å²) in [4.78, 5) is 12.5. The lowest BCUT2D eigenvalue weighted by Gasteiger charge is -2.24. The Balaban J connectivity index is 1.84. The first kappa shape index (κ1) is 20.9. The van der Waals surface area contributed by atoms with Gasteiger partial charge in [0.2, 0.25) is 11.0 Å². The first-order valence-electron chi connectivity index (χ1n) is 9.02. The predicted octanol–water partition coefficient (Wildman–Crippen LogP) is 3.69. The summed E-state index contributed by atoms with van der Waals surface area (Å²) < 4.78 is 27.8. The number of nitrogens with one attached hydrogen (secondary N) is 1. The highest BCUT2D eigenvalue weighted by atomic mass is 32.2. The molecule has 7 nitrogen and oxygen atoms in total. The lowest BCUT2D eigenvalue weighted by atomic mass is 10.2. The molecule has 0 saturated carbocycles. The Morgan fingerprint density at radius 2 is 1.55 bits per heavy atom. The summed E-state index contributed by atoms with van der Waals surface area (Å²) >= 11 is 1.27. The second-order valence-corrected chi connectivity index (χ2v) is 9.69. The Hall–Kier alpha value is -2.78. The monoisotopic (exact) mass is 430 g/mol. The van der Waals surface area contributed by atoms with E-state index in [1.165, 1.54) is 15.6 Å². The number of aromatic nitrogens is 2. The molecule has 29 heavy (non-hydrogen) atoms. The van der Waals surface area contributed by atoms with E-state index in [0.29, 0.717) is 10.8 Å². The molecule has 0 atom stereocenters. The number of carbonyl (C=O) groups is 1. The minimum atomic E-state index is -3.82. The van der Waals surface area contributed by atoms with Crippen molar-refractivity contribution in [1.82, 2.24) is 10.2 Å². The van der Waals surface area contributed by atoms with Gasteiger partial charge in [-0.3, -0.25) is 9.10 Å². The van der Waals surface area contributed by atoms with E-state index in [-0.39, 0.29) is 23.8 Å². The van der Waals surface area contributed by atoms with Crippen molar-refractivity contribution in [1.29, 1.82) is 0 Å². The standard InChI is InChI=1S/C20H22N4O3S2/c1-14-4-8-17(9-5-14)24(29(26,27)18-10-6-15(2)7-11-18)13-12-19(25)21-20-23-22-16(3)28-20/h4-11H,12-13H2,1-3H3,(H,21,23,25). The van der Waals surface area contributed by atoms with Crippen molar-refractivity contribution in [3.63, 3.8) is 0 Å². The zero-order valence-corrected chi connectivity index (χ0v) is 18.0. The van der Waals surface area contributed by atoms with E-state index < -0.39 is 10.0 Å². The van der Waals surface area contributed by atoms with Crippen molar-refractivity contribution in [3.05, 3.63) is 64.7 Å². The molecule has 0 aliphatic rings. The van der Waals surface area contributed by atoms with Crippen LogP contribution in [0.5, 0.6) is 0 Å². The molecule has 3 aromatic rings. The Morgan fingerprint density at radius 3 is 2.10 bits per heavy atom. The summed E-state index contributed by atoms with van der Waals surface area (Å²) in [5.41, 5.74) is 2.50. The molecule has 0 saturated heterocycles. The van der Waals surface area contributed by atoms with E-state index in [2.05, 4.69) is 15.5 Å². The SMILES string of the molecule is Cc1ccc(N(CCC(=O)Nc2nnc(C)s2)S(=O)(=O)c2ccc(C)cc2)cc1. The Morgan fingerprint density at radius 1 is 0.966 bits per heavy atom. The number of benzene rings is 2. The molecule has 0 radical (unpaired) electrons. The third kappa shape index (κ3) is 5.18. The maximum atomic E-state index is 13.3. The molecule has 0 fully saturated rings. The summed E-state index contributed by atoms with van der Waals surface area (Å²) in [6.45, 7) is 5.62. The van der Waals surface area contributed by atoms with Crippen LogP contribution in [-0.2, 0) is 14.8 Å². The minimum absolute atomic E-state index is 0.00287. The van der Waals surface area contributed by atoms with Crippen molar-refractivity contribution in [2.75, 3.05) is 16.2 Å². The number of anilines is 2. The highest BCUT2D eigenvalue weighted by Crippen LogP contribution is 2.25.